The molecule has 1 fully saturated rings. The summed E-state index contributed by atoms with van der Waals surface area (Å²) in [5.74, 6) is 2.31. The van der Waals surface area contributed by atoms with Gasteiger partial charge in [-0.25, -0.2) is 4.98 Å². The Morgan fingerprint density at radius 1 is 1.16 bits per heavy atom. The van der Waals surface area contributed by atoms with Crippen molar-refractivity contribution in [3.8, 4) is 11.6 Å². The molecule has 1 saturated heterocycles. The minimum Gasteiger partial charge on any atom is -0.497 e. The molecule has 1 unspecified atom stereocenters. The molecule has 0 bridgehead atoms. The zero-order valence-corrected chi connectivity index (χ0v) is 21.8. The van der Waals surface area contributed by atoms with Gasteiger partial charge >= 0.3 is 0 Å². The first-order valence-electron chi connectivity index (χ1n) is 11.0. The van der Waals surface area contributed by atoms with Crippen molar-refractivity contribution in [2.24, 2.45) is 4.99 Å². The van der Waals surface area contributed by atoms with Crippen LogP contribution in [-0.4, -0.2) is 55.7 Å². The van der Waals surface area contributed by atoms with E-state index in [2.05, 4.69) is 43.7 Å². The van der Waals surface area contributed by atoms with Crippen LogP contribution in [0.5, 0.6) is 11.6 Å². The molecule has 1 aromatic heterocycles. The van der Waals surface area contributed by atoms with Gasteiger partial charge in [0, 0.05) is 32.4 Å². The van der Waals surface area contributed by atoms with Gasteiger partial charge in [0.05, 0.1) is 19.3 Å². The molecule has 1 aliphatic rings. The van der Waals surface area contributed by atoms with Crippen LogP contribution in [-0.2, 0) is 6.54 Å². The van der Waals surface area contributed by atoms with Crippen molar-refractivity contribution >= 4 is 29.9 Å². The van der Waals surface area contributed by atoms with Gasteiger partial charge in [-0.15, -0.1) is 24.0 Å². The predicted molar refractivity (Wildman–Crippen MR) is 140 cm³/mol. The van der Waals surface area contributed by atoms with Crippen LogP contribution in [0.2, 0.25) is 0 Å². The average molecular weight is 553 g/mol. The molecule has 7 nitrogen and oxygen atoms in total. The van der Waals surface area contributed by atoms with E-state index in [0.717, 1.165) is 36.9 Å². The third kappa shape index (κ3) is 7.81. The lowest BCUT2D eigenvalue weighted by atomic mass is 10.1. The number of nitrogens with zero attached hydrogens (tertiary/aromatic N) is 3. The summed E-state index contributed by atoms with van der Waals surface area (Å²) in [6.45, 7) is 7.63. The maximum Gasteiger partial charge on any atom is 0.213 e. The fraction of sp³-hybridized carbons (Fsp3) is 0.500. The van der Waals surface area contributed by atoms with Crippen LogP contribution < -0.4 is 20.1 Å². The summed E-state index contributed by atoms with van der Waals surface area (Å²) in [4.78, 5) is 11.3. The third-order valence-corrected chi connectivity index (χ3v) is 5.36. The number of hydrogen-bond donors (Lipinski definition) is 2. The van der Waals surface area contributed by atoms with Gasteiger partial charge in [0.2, 0.25) is 5.88 Å². The standard InChI is InChI=1S/C24H35N5O2.HI/c1-18(2)31-23-11-10-19(15-26-23)16-27-24(25-3)28-17-22(29-12-5-6-13-29)20-8-7-9-21(14-20)30-4;/h7-11,14-15,18,22H,5-6,12-13,16-17H2,1-4H3,(H2,25,27,28);1H. The first kappa shape index (κ1) is 26.2. The van der Waals surface area contributed by atoms with Crippen LogP contribution in [0.25, 0.3) is 0 Å². The van der Waals surface area contributed by atoms with Crippen LogP contribution in [0, 0.1) is 0 Å². The number of aromatic nitrogens is 1. The van der Waals surface area contributed by atoms with Crippen molar-refractivity contribution in [3.05, 3.63) is 53.7 Å². The summed E-state index contributed by atoms with van der Waals surface area (Å²) in [6.07, 6.45) is 4.45. The van der Waals surface area contributed by atoms with Crippen molar-refractivity contribution in [3.63, 3.8) is 0 Å². The zero-order chi connectivity index (χ0) is 22.1. The quantitative estimate of drug-likeness (QED) is 0.278. The average Bonchev–Trinajstić information content (AvgIpc) is 3.31. The number of hydrogen-bond acceptors (Lipinski definition) is 5. The smallest absolute Gasteiger partial charge is 0.213 e. The molecule has 1 atom stereocenters. The first-order valence-corrected chi connectivity index (χ1v) is 11.0. The number of guanidine groups is 1. The highest BCUT2D eigenvalue weighted by Gasteiger charge is 2.24. The van der Waals surface area contributed by atoms with E-state index in [-0.39, 0.29) is 36.1 Å². The molecule has 1 aromatic carbocycles. The molecule has 0 saturated carbocycles. The number of ether oxygens (including phenoxy) is 2. The lowest BCUT2D eigenvalue weighted by Gasteiger charge is -2.29. The van der Waals surface area contributed by atoms with Crippen LogP contribution in [0.15, 0.2) is 47.6 Å². The number of pyridine rings is 1. The normalized spacial score (nSPS) is 15.2. The molecule has 2 heterocycles. The Balaban J connectivity index is 0.00000363. The van der Waals surface area contributed by atoms with E-state index in [4.69, 9.17) is 9.47 Å². The van der Waals surface area contributed by atoms with Gasteiger partial charge in [0.25, 0.3) is 0 Å². The summed E-state index contributed by atoms with van der Waals surface area (Å²) in [5, 5.41) is 6.88. The summed E-state index contributed by atoms with van der Waals surface area (Å²) in [5.41, 5.74) is 2.33. The molecule has 0 spiro atoms. The molecule has 2 N–H and O–H groups in total. The van der Waals surface area contributed by atoms with Gasteiger partial charge in [0.1, 0.15) is 5.75 Å². The maximum atomic E-state index is 5.61. The molecular weight excluding hydrogens is 517 g/mol. The maximum absolute atomic E-state index is 5.61. The molecule has 0 amide bonds. The van der Waals surface area contributed by atoms with E-state index in [1.165, 1.54) is 18.4 Å². The Bertz CT molecular complexity index is 839. The molecule has 176 valence electrons. The topological polar surface area (TPSA) is 71.0 Å². The molecule has 3 rings (SSSR count). The molecule has 32 heavy (non-hydrogen) atoms. The largest absolute Gasteiger partial charge is 0.497 e. The van der Waals surface area contributed by atoms with Crippen molar-refractivity contribution in [2.45, 2.75) is 45.4 Å². The van der Waals surface area contributed by atoms with Gasteiger partial charge in [0.15, 0.2) is 5.96 Å². The number of rotatable bonds is 9. The Kier molecular flexibility index (Phi) is 11.0. The van der Waals surface area contributed by atoms with Crippen LogP contribution >= 0.6 is 24.0 Å². The molecule has 1 aliphatic heterocycles. The summed E-state index contributed by atoms with van der Waals surface area (Å²) in [6, 6.07) is 12.6. The molecule has 2 aromatic rings. The van der Waals surface area contributed by atoms with Crippen molar-refractivity contribution in [1.29, 1.82) is 0 Å². The zero-order valence-electron chi connectivity index (χ0n) is 19.5. The lowest BCUT2D eigenvalue weighted by molar-refractivity contribution is 0.232. The number of likely N-dealkylation sites (tertiary alicyclic amines) is 1. The second-order valence-electron chi connectivity index (χ2n) is 8.01. The predicted octanol–water partition coefficient (Wildman–Crippen LogP) is 4.00. The van der Waals surface area contributed by atoms with E-state index >= 15 is 0 Å². The summed E-state index contributed by atoms with van der Waals surface area (Å²) < 4.78 is 11.0. The van der Waals surface area contributed by atoms with Crippen molar-refractivity contribution < 1.29 is 9.47 Å². The van der Waals surface area contributed by atoms with E-state index in [9.17, 15) is 0 Å². The monoisotopic (exact) mass is 553 g/mol. The van der Waals surface area contributed by atoms with Crippen LogP contribution in [0.1, 0.15) is 43.9 Å². The molecular formula is C24H36IN5O2. The highest BCUT2D eigenvalue weighted by Crippen LogP contribution is 2.27. The van der Waals surface area contributed by atoms with Gasteiger partial charge in [-0.05, 0) is 63.0 Å². The van der Waals surface area contributed by atoms with E-state index in [1.807, 2.05) is 38.2 Å². The van der Waals surface area contributed by atoms with Gasteiger partial charge in [-0.3, -0.25) is 9.89 Å². The minimum atomic E-state index is 0. The number of halogens is 1. The number of methoxy groups -OCH3 is 1. The molecule has 0 radical (unpaired) electrons. The second-order valence-corrected chi connectivity index (χ2v) is 8.01. The van der Waals surface area contributed by atoms with Crippen LogP contribution in [0.3, 0.4) is 0 Å². The lowest BCUT2D eigenvalue weighted by Crippen LogP contribution is -2.42. The molecule has 8 heteroatoms. The van der Waals surface area contributed by atoms with E-state index in [1.54, 1.807) is 14.2 Å². The van der Waals surface area contributed by atoms with E-state index < -0.39 is 0 Å². The van der Waals surface area contributed by atoms with Crippen molar-refractivity contribution in [1.82, 2.24) is 20.5 Å². The van der Waals surface area contributed by atoms with Crippen LogP contribution in [0.4, 0.5) is 0 Å². The molecule has 0 aliphatic carbocycles. The Labute approximate surface area is 209 Å². The fourth-order valence-electron chi connectivity index (χ4n) is 3.79. The number of nitrogens with one attached hydrogen (secondary N) is 2. The first-order chi connectivity index (χ1) is 15.1. The van der Waals surface area contributed by atoms with Gasteiger partial charge in [-0.1, -0.05) is 18.2 Å². The SMILES string of the molecule is CN=C(NCc1ccc(OC(C)C)nc1)NCC(c1cccc(OC)c1)N1CCCC1.I. The van der Waals surface area contributed by atoms with E-state index in [0.29, 0.717) is 12.4 Å². The fourth-order valence-corrected chi connectivity index (χ4v) is 3.79. The summed E-state index contributed by atoms with van der Waals surface area (Å²) in [7, 11) is 3.51. The number of aliphatic imine (C=N–C) groups is 1. The second kappa shape index (κ2) is 13.5. The van der Waals surface area contributed by atoms with Gasteiger partial charge < -0.3 is 20.1 Å². The Morgan fingerprint density at radius 3 is 2.56 bits per heavy atom. The summed E-state index contributed by atoms with van der Waals surface area (Å²) >= 11 is 0. The van der Waals surface area contributed by atoms with Crippen molar-refractivity contribution in [2.75, 3.05) is 33.8 Å². The highest BCUT2D eigenvalue weighted by atomic mass is 127. The third-order valence-electron chi connectivity index (χ3n) is 5.36. The Morgan fingerprint density at radius 2 is 1.94 bits per heavy atom. The minimum absolute atomic E-state index is 0. The Hall–Kier alpha value is -2.07. The van der Waals surface area contributed by atoms with Gasteiger partial charge in [-0.2, -0.15) is 0 Å². The number of benzene rings is 1. The highest BCUT2D eigenvalue weighted by molar-refractivity contribution is 14.0.